The van der Waals surface area contributed by atoms with E-state index >= 15 is 0 Å². The second-order valence-corrected chi connectivity index (χ2v) is 7.48. The average molecular weight is 397 g/mol. The van der Waals surface area contributed by atoms with Gasteiger partial charge in [0.05, 0.1) is 4.92 Å². The van der Waals surface area contributed by atoms with Crippen LogP contribution in [0.15, 0.2) is 18.2 Å². The largest absolute Gasteiger partial charge is 0.366 e. The molecule has 1 aromatic carbocycles. The van der Waals surface area contributed by atoms with Crippen LogP contribution < -0.4 is 10.2 Å². The number of piperidine rings is 1. The van der Waals surface area contributed by atoms with Gasteiger partial charge in [-0.2, -0.15) is 0 Å². The van der Waals surface area contributed by atoms with Gasteiger partial charge in [-0.1, -0.05) is 6.92 Å². The van der Waals surface area contributed by atoms with E-state index in [9.17, 15) is 14.9 Å². The van der Waals surface area contributed by atoms with Crippen LogP contribution in [0.5, 0.6) is 0 Å². The van der Waals surface area contributed by atoms with Gasteiger partial charge in [0, 0.05) is 43.9 Å². The summed E-state index contributed by atoms with van der Waals surface area (Å²) in [5, 5.41) is 14.8. The zero-order valence-corrected chi connectivity index (χ0v) is 16.8. The summed E-state index contributed by atoms with van der Waals surface area (Å²) in [4.78, 5) is 28.1. The third-order valence-electron chi connectivity index (χ3n) is 5.62. The molecule has 0 bridgehead atoms. The van der Waals surface area contributed by atoms with Crippen LogP contribution in [0.25, 0.3) is 0 Å². The van der Waals surface area contributed by atoms with Crippen molar-refractivity contribution in [1.29, 1.82) is 0 Å². The van der Waals surface area contributed by atoms with Crippen LogP contribution in [0.1, 0.15) is 43.0 Å². The van der Waals surface area contributed by atoms with Crippen molar-refractivity contribution in [3.05, 3.63) is 33.9 Å². The summed E-state index contributed by atoms with van der Waals surface area (Å²) in [5.74, 6) is 0.551. The number of hydrogen-bond acceptors (Lipinski definition) is 5. The molecule has 150 valence electrons. The molecule has 0 aliphatic carbocycles. The number of nitro groups is 1. The first-order chi connectivity index (χ1) is 12.5. The first-order valence-electron chi connectivity index (χ1n) is 9.50. The monoisotopic (exact) mass is 396 g/mol. The molecule has 0 aromatic heterocycles. The molecule has 2 saturated heterocycles. The van der Waals surface area contributed by atoms with Gasteiger partial charge in [-0.05, 0) is 50.8 Å². The second kappa shape index (κ2) is 9.37. The van der Waals surface area contributed by atoms with Crippen molar-refractivity contribution in [3.63, 3.8) is 0 Å². The van der Waals surface area contributed by atoms with E-state index in [1.165, 1.54) is 6.07 Å². The highest BCUT2D eigenvalue weighted by molar-refractivity contribution is 5.96. The minimum atomic E-state index is -0.362. The Morgan fingerprint density at radius 1 is 1.26 bits per heavy atom. The highest BCUT2D eigenvalue weighted by atomic mass is 35.5. The third-order valence-corrected chi connectivity index (χ3v) is 5.62. The molecule has 1 unspecified atom stereocenters. The van der Waals surface area contributed by atoms with Gasteiger partial charge in [0.25, 0.3) is 11.6 Å². The van der Waals surface area contributed by atoms with E-state index in [1.807, 2.05) is 11.9 Å². The molecule has 3 rings (SSSR count). The number of likely N-dealkylation sites (N-methyl/N-ethyl adjacent to an activating group) is 1. The lowest BCUT2D eigenvalue weighted by atomic mass is 9.98. The summed E-state index contributed by atoms with van der Waals surface area (Å²) >= 11 is 0. The summed E-state index contributed by atoms with van der Waals surface area (Å²) in [6, 6.07) is 5.13. The lowest BCUT2D eigenvalue weighted by Gasteiger charge is -2.32. The van der Waals surface area contributed by atoms with Crippen molar-refractivity contribution in [2.75, 3.05) is 38.1 Å². The molecule has 0 radical (unpaired) electrons. The van der Waals surface area contributed by atoms with Gasteiger partial charge < -0.3 is 15.1 Å². The van der Waals surface area contributed by atoms with Gasteiger partial charge in [-0.3, -0.25) is 14.9 Å². The normalized spacial score (nSPS) is 20.4. The first kappa shape index (κ1) is 21.4. The smallest absolute Gasteiger partial charge is 0.293 e. The van der Waals surface area contributed by atoms with Gasteiger partial charge in [-0.15, -0.1) is 12.4 Å². The number of halogens is 1. The maximum absolute atomic E-state index is 12.9. The molecule has 2 heterocycles. The first-order valence-corrected chi connectivity index (χ1v) is 9.50. The Morgan fingerprint density at radius 3 is 2.59 bits per heavy atom. The fourth-order valence-electron chi connectivity index (χ4n) is 4.04. The number of hydrogen-bond donors (Lipinski definition) is 1. The minimum absolute atomic E-state index is 0. The number of nitro benzene ring substituents is 1. The van der Waals surface area contributed by atoms with E-state index in [4.69, 9.17) is 0 Å². The number of nitrogens with one attached hydrogen (secondary N) is 1. The van der Waals surface area contributed by atoms with Crippen molar-refractivity contribution < 1.29 is 9.72 Å². The van der Waals surface area contributed by atoms with Crippen molar-refractivity contribution in [1.82, 2.24) is 10.2 Å². The Labute approximate surface area is 166 Å². The zero-order chi connectivity index (χ0) is 18.7. The molecule has 1 amide bonds. The summed E-state index contributed by atoms with van der Waals surface area (Å²) in [5.41, 5.74) is 1.08. The molecule has 2 fully saturated rings. The van der Waals surface area contributed by atoms with Crippen LogP contribution in [0, 0.1) is 16.0 Å². The lowest BCUT2D eigenvalue weighted by Crippen LogP contribution is -2.40. The number of rotatable bonds is 5. The molecule has 2 aliphatic rings. The quantitative estimate of drug-likeness (QED) is 0.611. The highest BCUT2D eigenvalue weighted by Crippen LogP contribution is 2.33. The van der Waals surface area contributed by atoms with Gasteiger partial charge in [0.2, 0.25) is 0 Å². The Bertz CT molecular complexity index is 677. The Morgan fingerprint density at radius 2 is 1.96 bits per heavy atom. The zero-order valence-electron chi connectivity index (χ0n) is 16.0. The molecule has 27 heavy (non-hydrogen) atoms. The van der Waals surface area contributed by atoms with Crippen LogP contribution in [-0.4, -0.2) is 55.0 Å². The van der Waals surface area contributed by atoms with E-state index < -0.39 is 0 Å². The summed E-state index contributed by atoms with van der Waals surface area (Å²) in [6.07, 6.45) is 4.03. The summed E-state index contributed by atoms with van der Waals surface area (Å²) in [6.45, 7) is 5.32. The number of amides is 1. The van der Waals surface area contributed by atoms with Crippen molar-refractivity contribution in [2.45, 2.75) is 38.6 Å². The number of benzene rings is 1. The topological polar surface area (TPSA) is 78.7 Å². The maximum Gasteiger partial charge on any atom is 0.293 e. The fraction of sp³-hybridized carbons (Fsp3) is 0.632. The van der Waals surface area contributed by atoms with Crippen LogP contribution in [0.2, 0.25) is 0 Å². The second-order valence-electron chi connectivity index (χ2n) is 7.48. The standard InChI is InChI=1S/C19H28N4O3.ClH/c1-14-7-10-21(11-8-14)17-6-5-15(12-18(17)23(25)26)19(24)22-9-3-4-16(22)13-20-2;/h5-6,12,14,16,20H,3-4,7-11,13H2,1-2H3;1H. The number of anilines is 1. The van der Waals surface area contributed by atoms with Crippen molar-refractivity contribution in [2.24, 2.45) is 5.92 Å². The molecule has 0 spiro atoms. The van der Waals surface area contributed by atoms with E-state index in [1.54, 1.807) is 12.1 Å². The van der Waals surface area contributed by atoms with E-state index in [0.717, 1.165) is 45.3 Å². The Kier molecular flexibility index (Phi) is 7.44. The Balaban J connectivity index is 0.00000261. The van der Waals surface area contributed by atoms with E-state index in [2.05, 4.69) is 17.1 Å². The molecular formula is C19H29ClN4O3. The predicted octanol–water partition coefficient (Wildman–Crippen LogP) is 3.08. The predicted molar refractivity (Wildman–Crippen MR) is 109 cm³/mol. The van der Waals surface area contributed by atoms with Gasteiger partial charge in [0.1, 0.15) is 5.69 Å². The van der Waals surface area contributed by atoms with Crippen LogP contribution >= 0.6 is 12.4 Å². The SMILES string of the molecule is CNCC1CCCN1C(=O)c1ccc(N2CCC(C)CC2)c([N+](=O)[O-])c1.Cl. The number of nitrogens with zero attached hydrogens (tertiary/aromatic N) is 3. The van der Waals surface area contributed by atoms with Crippen molar-refractivity contribution in [3.8, 4) is 0 Å². The maximum atomic E-state index is 12.9. The molecule has 0 saturated carbocycles. The van der Waals surface area contributed by atoms with Crippen LogP contribution in [-0.2, 0) is 0 Å². The summed E-state index contributed by atoms with van der Waals surface area (Å²) in [7, 11) is 1.88. The molecular weight excluding hydrogens is 368 g/mol. The number of likely N-dealkylation sites (tertiary alicyclic amines) is 1. The molecule has 1 atom stereocenters. The van der Waals surface area contributed by atoms with Crippen LogP contribution in [0.3, 0.4) is 0 Å². The Hall–Kier alpha value is -1.86. The van der Waals surface area contributed by atoms with Crippen molar-refractivity contribution >= 4 is 29.7 Å². The highest BCUT2D eigenvalue weighted by Gasteiger charge is 2.31. The lowest BCUT2D eigenvalue weighted by molar-refractivity contribution is -0.384. The van der Waals surface area contributed by atoms with Gasteiger partial charge in [-0.25, -0.2) is 0 Å². The fourth-order valence-corrected chi connectivity index (χ4v) is 4.04. The van der Waals surface area contributed by atoms with E-state index in [0.29, 0.717) is 23.7 Å². The van der Waals surface area contributed by atoms with Gasteiger partial charge >= 0.3 is 0 Å². The molecule has 1 aromatic rings. The number of carbonyl (C=O) groups is 1. The molecule has 7 nitrogen and oxygen atoms in total. The number of carbonyl (C=O) groups excluding carboxylic acids is 1. The molecule has 8 heteroatoms. The minimum Gasteiger partial charge on any atom is -0.366 e. The van der Waals surface area contributed by atoms with Crippen LogP contribution in [0.4, 0.5) is 11.4 Å². The molecule has 1 N–H and O–H groups in total. The summed E-state index contributed by atoms with van der Waals surface area (Å²) < 4.78 is 0. The van der Waals surface area contributed by atoms with E-state index in [-0.39, 0.29) is 35.0 Å². The average Bonchev–Trinajstić information content (AvgIpc) is 3.10. The molecule has 2 aliphatic heterocycles. The van der Waals surface area contributed by atoms with Gasteiger partial charge in [0.15, 0.2) is 0 Å². The third kappa shape index (κ3) is 4.71.